The lowest BCUT2D eigenvalue weighted by Gasteiger charge is -2.18. The van der Waals surface area contributed by atoms with Crippen LogP contribution in [0.25, 0.3) is 0 Å². The zero-order chi connectivity index (χ0) is 19.8. The van der Waals surface area contributed by atoms with Crippen LogP contribution in [0.15, 0.2) is 66.0 Å². The van der Waals surface area contributed by atoms with Gasteiger partial charge in [0.25, 0.3) is 0 Å². The standard InChI is InChI=1S/C22H23FN2O2S/c1-16-8-10-17(11-9-16)22(20-7-4-14-28-20)25-21(26)15-24-12-13-27-19-6-3-2-5-18(19)23/h2-11,14,22,24H,12-13,15H2,1H3,(H,25,26)/t22-/m1/s1. The first-order chi connectivity index (χ1) is 13.6. The maximum absolute atomic E-state index is 13.5. The van der Waals surface area contributed by atoms with E-state index in [0.29, 0.717) is 6.54 Å². The topological polar surface area (TPSA) is 50.4 Å². The minimum Gasteiger partial charge on any atom is -0.489 e. The summed E-state index contributed by atoms with van der Waals surface area (Å²) in [5.41, 5.74) is 2.22. The van der Waals surface area contributed by atoms with Crippen molar-refractivity contribution < 1.29 is 13.9 Å². The highest BCUT2D eigenvalue weighted by atomic mass is 32.1. The third-order valence-electron chi connectivity index (χ3n) is 4.20. The lowest BCUT2D eigenvalue weighted by atomic mass is 10.0. The molecule has 0 bridgehead atoms. The highest BCUT2D eigenvalue weighted by Crippen LogP contribution is 2.26. The van der Waals surface area contributed by atoms with Crippen LogP contribution in [0.2, 0.25) is 0 Å². The van der Waals surface area contributed by atoms with E-state index in [9.17, 15) is 9.18 Å². The number of benzene rings is 2. The molecule has 0 saturated carbocycles. The molecule has 28 heavy (non-hydrogen) atoms. The fourth-order valence-corrected chi connectivity index (χ4v) is 3.54. The Balaban J connectivity index is 1.49. The summed E-state index contributed by atoms with van der Waals surface area (Å²) < 4.78 is 18.9. The Kier molecular flexibility index (Phi) is 7.17. The molecule has 4 nitrogen and oxygen atoms in total. The van der Waals surface area contributed by atoms with E-state index in [2.05, 4.69) is 10.6 Å². The van der Waals surface area contributed by atoms with Gasteiger partial charge in [0, 0.05) is 11.4 Å². The molecule has 3 rings (SSSR count). The summed E-state index contributed by atoms with van der Waals surface area (Å²) >= 11 is 1.61. The van der Waals surface area contributed by atoms with Gasteiger partial charge in [0.1, 0.15) is 6.61 Å². The molecule has 0 aliphatic carbocycles. The lowest BCUT2D eigenvalue weighted by molar-refractivity contribution is -0.120. The van der Waals surface area contributed by atoms with Crippen LogP contribution in [-0.4, -0.2) is 25.6 Å². The first-order valence-corrected chi connectivity index (χ1v) is 9.99. The molecule has 0 aliphatic heterocycles. The fourth-order valence-electron chi connectivity index (χ4n) is 2.74. The van der Waals surface area contributed by atoms with E-state index in [4.69, 9.17) is 4.74 Å². The summed E-state index contributed by atoms with van der Waals surface area (Å²) in [5, 5.41) is 8.11. The molecule has 1 heterocycles. The van der Waals surface area contributed by atoms with Gasteiger partial charge in [0.15, 0.2) is 11.6 Å². The van der Waals surface area contributed by atoms with Crippen LogP contribution in [0.1, 0.15) is 22.0 Å². The maximum atomic E-state index is 13.5. The van der Waals surface area contributed by atoms with Crippen LogP contribution >= 0.6 is 11.3 Å². The first kappa shape index (κ1) is 20.0. The van der Waals surface area contributed by atoms with Crippen LogP contribution in [-0.2, 0) is 4.79 Å². The summed E-state index contributed by atoms with van der Waals surface area (Å²) in [6.07, 6.45) is 0. The number of hydrogen-bond donors (Lipinski definition) is 2. The summed E-state index contributed by atoms with van der Waals surface area (Å²) in [7, 11) is 0. The average Bonchev–Trinajstić information content (AvgIpc) is 3.22. The van der Waals surface area contributed by atoms with E-state index < -0.39 is 5.82 Å². The van der Waals surface area contributed by atoms with Gasteiger partial charge in [-0.25, -0.2) is 4.39 Å². The second kappa shape index (κ2) is 10.0. The third kappa shape index (κ3) is 5.65. The van der Waals surface area contributed by atoms with Gasteiger partial charge in [-0.05, 0) is 36.1 Å². The van der Waals surface area contributed by atoms with Crippen LogP contribution in [0.5, 0.6) is 5.75 Å². The molecule has 0 spiro atoms. The Morgan fingerprint density at radius 3 is 2.61 bits per heavy atom. The Hall–Kier alpha value is -2.70. The van der Waals surface area contributed by atoms with E-state index in [0.717, 1.165) is 10.4 Å². The molecule has 1 amide bonds. The predicted molar refractivity (Wildman–Crippen MR) is 110 cm³/mol. The van der Waals surface area contributed by atoms with Gasteiger partial charge >= 0.3 is 0 Å². The minimum atomic E-state index is -0.392. The van der Waals surface area contributed by atoms with E-state index in [1.54, 1.807) is 29.5 Å². The van der Waals surface area contributed by atoms with E-state index in [1.165, 1.54) is 11.6 Å². The van der Waals surface area contributed by atoms with Gasteiger partial charge in [-0.1, -0.05) is 48.0 Å². The van der Waals surface area contributed by atoms with Gasteiger partial charge in [-0.15, -0.1) is 11.3 Å². The van der Waals surface area contributed by atoms with Crippen LogP contribution in [0.3, 0.4) is 0 Å². The van der Waals surface area contributed by atoms with Gasteiger partial charge in [0.2, 0.25) is 5.91 Å². The number of ether oxygens (including phenoxy) is 1. The highest BCUT2D eigenvalue weighted by molar-refractivity contribution is 7.10. The molecular weight excluding hydrogens is 375 g/mol. The van der Waals surface area contributed by atoms with Crippen LogP contribution < -0.4 is 15.4 Å². The predicted octanol–water partition coefficient (Wildman–Crippen LogP) is 4.07. The summed E-state index contributed by atoms with van der Waals surface area (Å²) in [6, 6.07) is 18.2. The van der Waals surface area contributed by atoms with Crippen molar-refractivity contribution in [2.45, 2.75) is 13.0 Å². The zero-order valence-electron chi connectivity index (χ0n) is 15.7. The van der Waals surface area contributed by atoms with Crippen molar-refractivity contribution in [3.63, 3.8) is 0 Å². The highest BCUT2D eigenvalue weighted by Gasteiger charge is 2.17. The quantitative estimate of drug-likeness (QED) is 0.534. The molecular formula is C22H23FN2O2S. The summed E-state index contributed by atoms with van der Waals surface area (Å²) in [6.45, 7) is 2.92. The van der Waals surface area contributed by atoms with Crippen molar-refractivity contribution in [1.29, 1.82) is 0 Å². The minimum absolute atomic E-state index is 0.107. The molecule has 1 aromatic heterocycles. The number of rotatable bonds is 9. The van der Waals surface area contributed by atoms with E-state index in [-0.39, 0.29) is 30.9 Å². The molecule has 3 aromatic rings. The number of aryl methyl sites for hydroxylation is 1. The van der Waals surface area contributed by atoms with Crippen LogP contribution in [0.4, 0.5) is 4.39 Å². The smallest absolute Gasteiger partial charge is 0.234 e. The van der Waals surface area contributed by atoms with Crippen molar-refractivity contribution in [2.24, 2.45) is 0 Å². The molecule has 0 fully saturated rings. The second-order valence-electron chi connectivity index (χ2n) is 6.38. The molecule has 0 aliphatic rings. The van der Waals surface area contributed by atoms with Crippen molar-refractivity contribution in [2.75, 3.05) is 19.7 Å². The van der Waals surface area contributed by atoms with Gasteiger partial charge < -0.3 is 15.4 Å². The number of carbonyl (C=O) groups is 1. The first-order valence-electron chi connectivity index (χ1n) is 9.11. The Labute approximate surface area is 168 Å². The maximum Gasteiger partial charge on any atom is 0.234 e. The van der Waals surface area contributed by atoms with Gasteiger partial charge in [-0.2, -0.15) is 0 Å². The van der Waals surface area contributed by atoms with Gasteiger partial charge in [-0.3, -0.25) is 4.79 Å². The lowest BCUT2D eigenvalue weighted by Crippen LogP contribution is -2.37. The molecule has 6 heteroatoms. The normalized spacial score (nSPS) is 11.8. The molecule has 1 atom stereocenters. The van der Waals surface area contributed by atoms with Gasteiger partial charge in [0.05, 0.1) is 12.6 Å². The van der Waals surface area contributed by atoms with Crippen LogP contribution in [0, 0.1) is 12.7 Å². The molecule has 0 saturated heterocycles. The SMILES string of the molecule is Cc1ccc([C@@H](NC(=O)CNCCOc2ccccc2F)c2cccs2)cc1. The Morgan fingerprint density at radius 2 is 1.89 bits per heavy atom. The van der Waals surface area contributed by atoms with Crippen molar-refractivity contribution in [1.82, 2.24) is 10.6 Å². The number of halogens is 1. The third-order valence-corrected chi connectivity index (χ3v) is 5.14. The second-order valence-corrected chi connectivity index (χ2v) is 7.36. The monoisotopic (exact) mass is 398 g/mol. The Morgan fingerprint density at radius 1 is 1.11 bits per heavy atom. The zero-order valence-corrected chi connectivity index (χ0v) is 16.5. The van der Waals surface area contributed by atoms with Crippen molar-refractivity contribution in [3.05, 3.63) is 87.9 Å². The largest absolute Gasteiger partial charge is 0.489 e. The number of amides is 1. The van der Waals surface area contributed by atoms with E-state index in [1.807, 2.05) is 48.7 Å². The molecule has 0 unspecified atom stereocenters. The van der Waals surface area contributed by atoms with E-state index >= 15 is 0 Å². The number of thiophene rings is 1. The number of carbonyl (C=O) groups excluding carboxylic acids is 1. The fraction of sp³-hybridized carbons (Fsp3) is 0.227. The summed E-state index contributed by atoms with van der Waals surface area (Å²) in [4.78, 5) is 13.5. The molecule has 2 aromatic carbocycles. The number of nitrogens with one attached hydrogen (secondary N) is 2. The van der Waals surface area contributed by atoms with Crippen molar-refractivity contribution >= 4 is 17.2 Å². The molecule has 2 N–H and O–H groups in total. The molecule has 0 radical (unpaired) electrons. The molecule has 146 valence electrons. The Bertz CT molecular complexity index is 882. The number of para-hydroxylation sites is 1. The number of hydrogen-bond acceptors (Lipinski definition) is 4. The summed E-state index contributed by atoms with van der Waals surface area (Å²) in [5.74, 6) is -0.284. The average molecular weight is 399 g/mol. The van der Waals surface area contributed by atoms with Crippen molar-refractivity contribution in [3.8, 4) is 5.75 Å².